The van der Waals surface area contributed by atoms with Crippen LogP contribution in [0.1, 0.15) is 64.4 Å². The molecule has 9 heteroatoms. The smallest absolute Gasteiger partial charge is 0.350 e. The molecule has 2 heterocycles. The van der Waals surface area contributed by atoms with Crippen molar-refractivity contribution in [3.8, 4) is 0 Å². The number of fused-ring (bicyclic) bond motifs is 2. The van der Waals surface area contributed by atoms with Crippen molar-refractivity contribution in [1.29, 1.82) is 0 Å². The van der Waals surface area contributed by atoms with Gasteiger partial charge in [-0.2, -0.15) is 0 Å². The maximum absolute atomic E-state index is 14.0. The summed E-state index contributed by atoms with van der Waals surface area (Å²) in [6.45, 7) is 1.46. The number of allylic oxidation sites excluding steroid dienone is 1. The molecule has 0 spiro atoms. The van der Waals surface area contributed by atoms with Gasteiger partial charge in [-0.15, -0.1) is 0 Å². The van der Waals surface area contributed by atoms with Gasteiger partial charge >= 0.3 is 5.97 Å². The van der Waals surface area contributed by atoms with Crippen molar-refractivity contribution in [3.05, 3.63) is 106 Å². The van der Waals surface area contributed by atoms with Crippen molar-refractivity contribution in [1.82, 2.24) is 4.98 Å². The molecule has 1 saturated carbocycles. The standard InChI is InChI=1S/C35H36N2O7/c1-21(11-12-23-15-16-37-29(36)18-23)25(20-38)19-34-31(40)26-9-5-6-10-27(26)32(41)35(34,44-34)33(42)43-28-14-13-24(30(28)39)17-22-7-3-2-4-8-22/h2-10,15-16,18,24,28,30,38-39H,11-14,17,19-20H2,1H3,(H2,36,37). The third-order valence-electron chi connectivity index (χ3n) is 9.42. The van der Waals surface area contributed by atoms with Crippen LogP contribution in [-0.2, 0) is 27.1 Å². The number of nitrogens with zero attached hydrogens (tertiary/aromatic N) is 1. The van der Waals surface area contributed by atoms with E-state index in [9.17, 15) is 24.6 Å². The summed E-state index contributed by atoms with van der Waals surface area (Å²) in [7, 11) is 0. The fraction of sp³-hybridized carbons (Fsp3) is 0.371. The first-order chi connectivity index (χ1) is 21.2. The molecular weight excluding hydrogens is 560 g/mol. The van der Waals surface area contributed by atoms with Crippen LogP contribution < -0.4 is 5.73 Å². The number of carbonyl (C=O) groups is 3. The number of carbonyl (C=O) groups excluding carboxylic acids is 3. The minimum atomic E-state index is -2.18. The molecule has 9 nitrogen and oxygen atoms in total. The predicted molar refractivity (Wildman–Crippen MR) is 162 cm³/mol. The van der Waals surface area contributed by atoms with Crippen molar-refractivity contribution in [2.45, 2.75) is 68.9 Å². The summed E-state index contributed by atoms with van der Waals surface area (Å²) in [4.78, 5) is 46.0. The molecule has 2 fully saturated rings. The number of ether oxygens (including phenoxy) is 2. The van der Waals surface area contributed by atoms with Gasteiger partial charge in [0.1, 0.15) is 11.9 Å². The van der Waals surface area contributed by atoms with Crippen LogP contribution in [0.15, 0.2) is 84.1 Å². The number of aliphatic hydroxyl groups excluding tert-OH is 2. The van der Waals surface area contributed by atoms with Crippen LogP contribution >= 0.6 is 0 Å². The Morgan fingerprint density at radius 3 is 2.43 bits per heavy atom. The third kappa shape index (κ3) is 5.04. The number of nitrogens with two attached hydrogens (primary N) is 1. The Bertz CT molecular complexity index is 1640. The molecule has 44 heavy (non-hydrogen) atoms. The van der Waals surface area contributed by atoms with Gasteiger partial charge in [0.2, 0.25) is 5.78 Å². The van der Waals surface area contributed by atoms with E-state index in [1.807, 2.05) is 43.3 Å². The van der Waals surface area contributed by atoms with E-state index < -0.39 is 40.9 Å². The number of pyridine rings is 1. The van der Waals surface area contributed by atoms with Gasteiger partial charge in [0.15, 0.2) is 11.4 Å². The molecule has 2 aliphatic carbocycles. The molecule has 3 aromatic rings. The minimum absolute atomic E-state index is 0.0954. The Labute approximate surface area is 255 Å². The van der Waals surface area contributed by atoms with Gasteiger partial charge < -0.3 is 25.4 Å². The Hall–Kier alpha value is -4.18. The van der Waals surface area contributed by atoms with Gasteiger partial charge in [-0.1, -0.05) is 60.2 Å². The van der Waals surface area contributed by atoms with Gasteiger partial charge in [0, 0.05) is 23.7 Å². The van der Waals surface area contributed by atoms with E-state index in [2.05, 4.69) is 4.98 Å². The maximum Gasteiger partial charge on any atom is 0.350 e. The number of ketones is 2. The van der Waals surface area contributed by atoms with Gasteiger partial charge in [-0.05, 0) is 73.8 Å². The Morgan fingerprint density at radius 2 is 1.73 bits per heavy atom. The molecule has 6 rings (SSSR count). The van der Waals surface area contributed by atoms with E-state index in [1.54, 1.807) is 30.5 Å². The van der Waals surface area contributed by atoms with Crippen LogP contribution in [0.5, 0.6) is 0 Å². The summed E-state index contributed by atoms with van der Waals surface area (Å²) in [6, 6.07) is 19.7. The lowest BCUT2D eigenvalue weighted by Gasteiger charge is -2.27. The van der Waals surface area contributed by atoms with E-state index in [4.69, 9.17) is 15.2 Å². The number of aryl methyl sites for hydroxylation is 1. The molecule has 5 atom stereocenters. The molecular formula is C35H36N2O7. The number of aliphatic hydroxyl groups is 2. The second kappa shape index (κ2) is 11.7. The summed E-state index contributed by atoms with van der Waals surface area (Å²) in [5.74, 6) is -1.84. The zero-order chi connectivity index (χ0) is 31.1. The Morgan fingerprint density at radius 1 is 1.02 bits per heavy atom. The summed E-state index contributed by atoms with van der Waals surface area (Å²) >= 11 is 0. The molecule has 3 aliphatic rings. The molecule has 1 aliphatic heterocycles. The van der Waals surface area contributed by atoms with E-state index in [1.165, 1.54) is 6.07 Å². The summed E-state index contributed by atoms with van der Waals surface area (Å²) in [5.41, 5.74) is 5.40. The van der Waals surface area contributed by atoms with Gasteiger partial charge in [0.05, 0.1) is 12.7 Å². The van der Waals surface area contributed by atoms with Crippen LogP contribution in [0, 0.1) is 5.92 Å². The molecule has 4 N–H and O–H groups in total. The van der Waals surface area contributed by atoms with E-state index in [0.717, 1.165) is 16.7 Å². The summed E-state index contributed by atoms with van der Waals surface area (Å²) in [6.07, 6.45) is 2.56. The molecule has 0 bridgehead atoms. The average molecular weight is 597 g/mol. The predicted octanol–water partition coefficient (Wildman–Crippen LogP) is 3.81. The van der Waals surface area contributed by atoms with E-state index in [-0.39, 0.29) is 30.1 Å². The number of benzene rings is 2. The minimum Gasteiger partial charge on any atom is -0.457 e. The van der Waals surface area contributed by atoms with Crippen molar-refractivity contribution < 1.29 is 34.1 Å². The molecule has 2 aromatic carbocycles. The highest BCUT2D eigenvalue weighted by Crippen LogP contribution is 2.59. The third-order valence-corrected chi connectivity index (χ3v) is 9.42. The Balaban J connectivity index is 1.26. The van der Waals surface area contributed by atoms with Crippen LogP contribution in [0.2, 0.25) is 0 Å². The highest BCUT2D eigenvalue weighted by atomic mass is 16.7. The quantitative estimate of drug-likeness (QED) is 0.137. The SMILES string of the molecule is CC(CCc1ccnc(N)c1)=C(CO)CC12OC1(C(=O)OC1CCC(Cc3ccccc3)C1O)C(=O)c1ccccc1C2=O. The highest BCUT2D eigenvalue weighted by Gasteiger charge is 2.85. The van der Waals surface area contributed by atoms with Crippen LogP contribution in [0.3, 0.4) is 0 Å². The maximum atomic E-state index is 14.0. The van der Waals surface area contributed by atoms with Crippen LogP contribution in [-0.4, -0.2) is 62.7 Å². The van der Waals surface area contributed by atoms with Crippen LogP contribution in [0.4, 0.5) is 5.82 Å². The normalized spacial score (nSPS) is 27.8. The molecule has 5 unspecified atom stereocenters. The van der Waals surface area contributed by atoms with Crippen molar-refractivity contribution in [3.63, 3.8) is 0 Å². The lowest BCUT2D eigenvalue weighted by atomic mass is 9.71. The first-order valence-electron chi connectivity index (χ1n) is 15.0. The van der Waals surface area contributed by atoms with Gasteiger partial charge in [0.25, 0.3) is 5.60 Å². The number of hydrogen-bond acceptors (Lipinski definition) is 9. The van der Waals surface area contributed by atoms with Gasteiger partial charge in [-0.3, -0.25) is 9.59 Å². The monoisotopic (exact) mass is 596 g/mol. The fourth-order valence-corrected chi connectivity index (χ4v) is 6.81. The molecule has 1 aromatic heterocycles. The largest absolute Gasteiger partial charge is 0.457 e. The van der Waals surface area contributed by atoms with E-state index >= 15 is 0 Å². The molecule has 228 valence electrons. The molecule has 0 amide bonds. The zero-order valence-electron chi connectivity index (χ0n) is 24.6. The fourth-order valence-electron chi connectivity index (χ4n) is 6.81. The second-order valence-corrected chi connectivity index (χ2v) is 12.1. The topological polar surface area (TPSA) is 152 Å². The Kier molecular flexibility index (Phi) is 7.96. The summed E-state index contributed by atoms with van der Waals surface area (Å²) < 4.78 is 11.9. The van der Waals surface area contributed by atoms with Crippen molar-refractivity contribution in [2.24, 2.45) is 5.92 Å². The lowest BCUT2D eigenvalue weighted by Crippen LogP contribution is -2.52. The number of Topliss-reactive ketones (excluding diaryl/α,β-unsaturated/α-hetero) is 2. The zero-order valence-corrected chi connectivity index (χ0v) is 24.6. The van der Waals surface area contributed by atoms with Crippen molar-refractivity contribution >= 4 is 23.4 Å². The number of epoxide rings is 1. The van der Waals surface area contributed by atoms with E-state index in [0.29, 0.717) is 43.5 Å². The number of anilines is 1. The first-order valence-corrected chi connectivity index (χ1v) is 15.0. The highest BCUT2D eigenvalue weighted by molar-refractivity contribution is 6.33. The number of nitrogen functional groups attached to an aromatic ring is 1. The second-order valence-electron chi connectivity index (χ2n) is 12.1. The number of aromatic nitrogens is 1. The first kappa shape index (κ1) is 29.9. The van der Waals surface area contributed by atoms with Crippen LogP contribution in [0.25, 0.3) is 0 Å². The average Bonchev–Trinajstić information content (AvgIpc) is 3.64. The van der Waals surface area contributed by atoms with Crippen molar-refractivity contribution in [2.75, 3.05) is 12.3 Å². The lowest BCUT2D eigenvalue weighted by molar-refractivity contribution is -0.158. The summed E-state index contributed by atoms with van der Waals surface area (Å²) in [5, 5.41) is 21.5. The number of esters is 1. The molecule has 1 saturated heterocycles. The number of rotatable bonds is 10. The van der Waals surface area contributed by atoms with Gasteiger partial charge in [-0.25, -0.2) is 9.78 Å². The number of hydrogen-bond donors (Lipinski definition) is 3. The molecule has 0 radical (unpaired) electrons.